The van der Waals surface area contributed by atoms with Gasteiger partial charge in [-0.05, 0) is 202 Å². The molecule has 0 saturated carbocycles. The van der Waals surface area contributed by atoms with Crippen LogP contribution in [0.3, 0.4) is 0 Å². The van der Waals surface area contributed by atoms with Crippen LogP contribution in [0.4, 0.5) is 4.79 Å². The number of rotatable bonds is 22. The number of hydrogen-bond donors (Lipinski definition) is 4. The average Bonchev–Trinajstić information content (AvgIpc) is 0.882. The number of ether oxygens (including phenoxy) is 6. The summed E-state index contributed by atoms with van der Waals surface area (Å²) in [6.07, 6.45) is 13.9. The van der Waals surface area contributed by atoms with Crippen molar-refractivity contribution in [3.63, 3.8) is 0 Å². The van der Waals surface area contributed by atoms with Crippen molar-refractivity contribution in [1.29, 1.82) is 0 Å². The van der Waals surface area contributed by atoms with E-state index in [0.29, 0.717) is 38.4 Å². The number of aryl methyl sites for hydroxylation is 1. The van der Waals surface area contributed by atoms with Gasteiger partial charge in [0.25, 0.3) is 0 Å². The molecule has 22 nitrogen and oxygen atoms in total. The molecule has 27 heteroatoms. The Morgan fingerprint density at radius 1 is 0.563 bits per heavy atom. The van der Waals surface area contributed by atoms with Gasteiger partial charge in [-0.25, -0.2) is 4.79 Å². The van der Waals surface area contributed by atoms with Crippen LogP contribution in [0.5, 0.6) is 0 Å². The Morgan fingerprint density at radius 3 is 1.30 bits per heavy atom. The van der Waals surface area contributed by atoms with Crippen molar-refractivity contribution in [1.82, 2.24) is 30.2 Å². The number of nitrogens with zero attached hydrogens (tertiary/aromatic N) is 4. The number of aliphatic carboxylic acids is 1. The van der Waals surface area contributed by atoms with E-state index in [-0.39, 0.29) is 99.3 Å². The topological polar surface area (TPSA) is 282 Å². The minimum atomic E-state index is -0.873. The molecule has 8 rings (SSSR count). The zero-order valence-electron chi connectivity index (χ0n) is 64.3. The van der Waals surface area contributed by atoms with Gasteiger partial charge in [0.1, 0.15) is 4.83 Å². The summed E-state index contributed by atoms with van der Waals surface area (Å²) in [5.74, 6) is -0.721. The minimum Gasteiger partial charge on any atom is -0.870 e. The summed E-state index contributed by atoms with van der Waals surface area (Å²) >= 11 is 16.1. The van der Waals surface area contributed by atoms with Crippen molar-refractivity contribution < 1.29 is 107 Å². The number of alkyl halides is 3. The molecule has 3 aromatic carbocycles. The molecule has 0 aromatic heterocycles. The van der Waals surface area contributed by atoms with Crippen molar-refractivity contribution in [2.45, 2.75) is 162 Å². The maximum Gasteiger partial charge on any atom is 1.00 e. The van der Waals surface area contributed by atoms with Crippen LogP contribution >= 0.6 is 55.1 Å². The van der Waals surface area contributed by atoms with Crippen molar-refractivity contribution in [3.8, 4) is 0 Å². The Kier molecular flexibility index (Phi) is 72.9. The molecule has 5 heterocycles. The minimum absolute atomic E-state index is 0. The Balaban J connectivity index is -0.000000547. The third-order valence-electron chi connectivity index (χ3n) is 15.8. The van der Waals surface area contributed by atoms with Crippen molar-refractivity contribution in [3.05, 3.63) is 108 Å². The van der Waals surface area contributed by atoms with Crippen molar-refractivity contribution in [2.75, 3.05) is 139 Å². The molecule has 0 bridgehead atoms. The first-order chi connectivity index (χ1) is 48.6. The van der Waals surface area contributed by atoms with Gasteiger partial charge in [0.2, 0.25) is 0 Å². The van der Waals surface area contributed by atoms with E-state index >= 15 is 0 Å². The number of aliphatic hydroxyl groups excluding tert-OH is 1. The fraction of sp³-hybridized carbons (Fsp3) is 0.671. The Morgan fingerprint density at radius 2 is 0.942 bits per heavy atom. The number of benzene rings is 3. The average molecular weight is 1630 g/mol. The molecule has 586 valence electrons. The van der Waals surface area contributed by atoms with E-state index in [2.05, 4.69) is 156 Å². The quantitative estimate of drug-likeness (QED) is 0.0182. The molecule has 0 amide bonds. The Hall–Kier alpha value is -3.83. The van der Waals surface area contributed by atoms with Gasteiger partial charge in [0.05, 0.1) is 62.6 Å². The van der Waals surface area contributed by atoms with Crippen molar-refractivity contribution >= 4 is 96.3 Å². The summed E-state index contributed by atoms with van der Waals surface area (Å²) in [4.78, 5) is 84.9. The number of halogens is 4. The number of unbranched alkanes of at least 4 members (excludes halogenated alkanes) is 1. The van der Waals surface area contributed by atoms with Gasteiger partial charge >= 0.3 is 70.8 Å². The summed E-state index contributed by atoms with van der Waals surface area (Å²) < 4.78 is 28.8. The van der Waals surface area contributed by atoms with Gasteiger partial charge < -0.3 is 69.4 Å². The number of likely N-dealkylation sites (tertiary alicyclic amines) is 4. The third-order valence-corrected chi connectivity index (χ3v) is 18.2. The molecule has 5 N–H and O–H groups in total. The number of carboxylic acid groups (broad SMARTS) is 1. The molecule has 103 heavy (non-hydrogen) atoms. The molecule has 3 aromatic rings. The molecule has 5 fully saturated rings. The second kappa shape index (κ2) is 71.1. The summed E-state index contributed by atoms with van der Waals surface area (Å²) in [7, 11) is 7.06. The van der Waals surface area contributed by atoms with Crippen LogP contribution in [0.2, 0.25) is 0 Å². The monoisotopic (exact) mass is 1630 g/mol. The van der Waals surface area contributed by atoms with Crippen LogP contribution in [0.1, 0.15) is 149 Å². The van der Waals surface area contributed by atoms with Gasteiger partial charge in [-0.15, -0.1) is 0 Å². The van der Waals surface area contributed by atoms with E-state index in [1.54, 1.807) is 6.92 Å². The smallest absolute Gasteiger partial charge is 0.870 e. The zero-order chi connectivity index (χ0) is 76.0. The van der Waals surface area contributed by atoms with Crippen LogP contribution in [-0.2, 0) is 76.7 Å². The number of aliphatic hydroxyl groups is 1. The number of carbonyl (C=O) groups is 7. The van der Waals surface area contributed by atoms with Gasteiger partial charge in [-0.2, -0.15) is 0 Å². The molecule has 7 atom stereocenters. The number of carboxylic acids is 1. The maximum atomic E-state index is 11.7. The molecule has 5 aliphatic heterocycles. The first-order valence-electron chi connectivity index (χ1n) is 36.1. The number of hydrogen-bond acceptors (Lipinski definition) is 21. The van der Waals surface area contributed by atoms with Crippen molar-refractivity contribution in [2.24, 2.45) is 29.6 Å². The van der Waals surface area contributed by atoms with E-state index < -0.39 is 17.0 Å². The maximum absolute atomic E-state index is 11.7. The molecule has 0 aliphatic carbocycles. The van der Waals surface area contributed by atoms with Crippen LogP contribution in [0, 0.1) is 29.6 Å². The summed E-state index contributed by atoms with van der Waals surface area (Å²) in [5.41, 5.74) is 2.61. The molecule has 5 saturated heterocycles. The zero-order valence-corrected chi connectivity index (χ0v) is 71.0. The normalized spacial score (nSPS) is 18.8. The SMILES string of the molecule is CC.CC(Cl)OC(=O)Cl.CCOC(=O)C(Br)CBr.CCOC(=O)C1CCCN(C)C1.CCOC(=O)C1CCCN(C)C1.CCOC(=O)C1CCCN(Cc2ccccc2)C1.CCOC(=O)C1CCCNC1.CN1CCCC(C(=O)O)C1.CO.[Na+].[OH-].c1ccc(CCCCNCc2ccccc2)cc1. The van der Waals surface area contributed by atoms with E-state index in [1.807, 2.05) is 68.8 Å². The first-order valence-corrected chi connectivity index (χ1v) is 39.0. The summed E-state index contributed by atoms with van der Waals surface area (Å²) in [5, 5.41) is 22.9. The van der Waals surface area contributed by atoms with E-state index in [9.17, 15) is 33.6 Å². The summed E-state index contributed by atoms with van der Waals surface area (Å²) in [6.45, 7) is 29.5. The van der Waals surface area contributed by atoms with Crippen LogP contribution in [-0.4, -0.2) is 226 Å². The standard InChI is InChI=1S/C17H21N.C15H21NO2.2C9H17NO2.C8H15NO2.C7H13NO2.C5H8Br2O2.C3H4Cl2O2.C2H6.CH4O.Na.H2O/c1-3-9-16(10-4-1)11-7-8-14-18-15-17-12-5-2-6-13-17;1-2-18-15(17)14-9-6-10-16(12-14)11-13-7-4-3-5-8-13;2*1-3-12-9(11)8-5-4-6-10(2)7-8;1-2-11-8(10)7-4-3-5-9-6-7;1-8-4-2-3-6(5-8)7(9)10;1-2-9-5(8)4(7)3-6;1-2(4)7-3(5)6;2*1-2;;/h1-6,9-10,12-13,18H,7-8,11,14-15H2;3-5,7-8,14H,2,6,9-12H2,1H3;2*8H,3-7H2,1-2H3;7,9H,2-6H2,1H3;6H,2-5H2,1H3,(H,9,10);4H,2-3H2,1H3;2H,1H3;1-2H3;2H,1H3;;1H2/q;;;;;;;;;;+1;/p-1. The first kappa shape index (κ1) is 106. The fourth-order valence-corrected chi connectivity index (χ4v) is 11.5. The van der Waals surface area contributed by atoms with Gasteiger partial charge in [-0.1, -0.05) is 148 Å². The largest absolute Gasteiger partial charge is 1.00 e. The summed E-state index contributed by atoms with van der Waals surface area (Å²) in [6, 6.07) is 31.7. The molecular formula is C76H127Br2Cl2N6NaO16. The predicted octanol–water partition coefficient (Wildman–Crippen LogP) is 10.1. The third kappa shape index (κ3) is 57.0. The Bertz CT molecular complexity index is 2470. The molecule has 5 aliphatic rings. The fourth-order valence-electron chi connectivity index (χ4n) is 10.9. The number of carbonyl (C=O) groups excluding carboxylic acids is 6. The Labute approximate surface area is 667 Å². The molecular weight excluding hydrogens is 1510 g/mol. The van der Waals surface area contributed by atoms with Gasteiger partial charge in [-0.3, -0.25) is 33.7 Å². The molecule has 7 unspecified atom stereocenters. The van der Waals surface area contributed by atoms with E-state index in [4.69, 9.17) is 52.4 Å². The second-order valence-electron chi connectivity index (χ2n) is 24.1. The van der Waals surface area contributed by atoms with E-state index in [1.165, 1.54) is 42.9 Å². The number of esters is 5. The van der Waals surface area contributed by atoms with Crippen LogP contribution in [0.25, 0.3) is 0 Å². The van der Waals surface area contributed by atoms with Gasteiger partial charge in [0.15, 0.2) is 5.56 Å². The number of nitrogens with one attached hydrogen (secondary N) is 2. The molecule has 0 radical (unpaired) electrons. The van der Waals surface area contributed by atoms with Crippen LogP contribution < -0.4 is 40.2 Å². The molecule has 0 spiro atoms. The number of piperidine rings is 5. The van der Waals surface area contributed by atoms with Crippen LogP contribution in [0.15, 0.2) is 91.0 Å². The predicted molar refractivity (Wildman–Crippen MR) is 415 cm³/mol. The van der Waals surface area contributed by atoms with Gasteiger partial charge in [0, 0.05) is 69.9 Å². The second-order valence-corrected chi connectivity index (χ2v) is 26.8. The van der Waals surface area contributed by atoms with E-state index in [0.717, 1.165) is 156 Å².